The van der Waals surface area contributed by atoms with Crippen LogP contribution < -0.4 is 10.6 Å². The molecule has 0 aromatic carbocycles. The van der Waals surface area contributed by atoms with Gasteiger partial charge in [0.1, 0.15) is 10.6 Å². The molecule has 1 aliphatic rings. The molecule has 0 saturated carbocycles. The first kappa shape index (κ1) is 23.4. The molecule has 29 heavy (non-hydrogen) atoms. The molecule has 1 atom stereocenters. The topological polar surface area (TPSA) is 78.9 Å². The van der Waals surface area contributed by atoms with E-state index in [2.05, 4.69) is 39.8 Å². The molecular formula is C21H37N5O2S. The van der Waals surface area contributed by atoms with Crippen LogP contribution in [0.5, 0.6) is 0 Å². The highest BCUT2D eigenvalue weighted by Gasteiger charge is 2.27. The van der Waals surface area contributed by atoms with Crippen molar-refractivity contribution in [3.63, 3.8) is 0 Å². The zero-order chi connectivity index (χ0) is 21.4. The summed E-state index contributed by atoms with van der Waals surface area (Å²) >= 11 is 1.68. The second-order valence-electron chi connectivity index (χ2n) is 8.90. The van der Waals surface area contributed by atoms with Gasteiger partial charge >= 0.3 is 6.09 Å². The number of piperidine rings is 1. The van der Waals surface area contributed by atoms with Gasteiger partial charge in [-0.15, -0.1) is 11.3 Å². The molecule has 1 fully saturated rings. The largest absolute Gasteiger partial charge is 0.444 e. The van der Waals surface area contributed by atoms with E-state index in [4.69, 9.17) is 4.74 Å². The van der Waals surface area contributed by atoms with E-state index < -0.39 is 5.60 Å². The fourth-order valence-corrected chi connectivity index (χ4v) is 4.13. The van der Waals surface area contributed by atoms with Gasteiger partial charge in [-0.25, -0.2) is 9.78 Å². The summed E-state index contributed by atoms with van der Waals surface area (Å²) in [5, 5.41) is 9.90. The first-order valence-corrected chi connectivity index (χ1v) is 11.4. The Morgan fingerprint density at radius 2 is 2.17 bits per heavy atom. The van der Waals surface area contributed by atoms with Crippen LogP contribution in [0.1, 0.15) is 70.5 Å². The highest BCUT2D eigenvalue weighted by Crippen LogP contribution is 2.21. The van der Waals surface area contributed by atoms with Crippen LogP contribution >= 0.6 is 11.3 Å². The molecule has 1 aromatic heterocycles. The molecule has 0 aliphatic carbocycles. The number of ether oxygens (including phenoxy) is 1. The van der Waals surface area contributed by atoms with E-state index >= 15 is 0 Å². The Hall–Kier alpha value is -1.83. The lowest BCUT2D eigenvalue weighted by Crippen LogP contribution is -2.44. The molecule has 8 heteroatoms. The number of amides is 1. The lowest BCUT2D eigenvalue weighted by molar-refractivity contribution is 0.0162. The molecule has 2 N–H and O–H groups in total. The van der Waals surface area contributed by atoms with Crippen LogP contribution in [0.4, 0.5) is 4.79 Å². The quantitative estimate of drug-likeness (QED) is 0.535. The van der Waals surface area contributed by atoms with Crippen molar-refractivity contribution in [3.05, 3.63) is 16.1 Å². The maximum atomic E-state index is 12.3. The molecule has 1 aromatic rings. The van der Waals surface area contributed by atoms with Gasteiger partial charge in [0.15, 0.2) is 5.96 Å². The normalized spacial score (nSPS) is 18.1. The number of carbonyl (C=O) groups is 1. The summed E-state index contributed by atoms with van der Waals surface area (Å²) in [6, 6.07) is 0. The number of aromatic nitrogens is 1. The van der Waals surface area contributed by atoms with Crippen molar-refractivity contribution in [3.8, 4) is 0 Å². The number of guanidine groups is 1. The fourth-order valence-electron chi connectivity index (χ4n) is 3.24. The van der Waals surface area contributed by atoms with E-state index in [0.29, 0.717) is 18.4 Å². The number of carbonyl (C=O) groups excluding carboxylic acids is 1. The fraction of sp³-hybridized carbons (Fsp3) is 0.762. The minimum absolute atomic E-state index is 0.197. The van der Waals surface area contributed by atoms with Crippen molar-refractivity contribution < 1.29 is 9.53 Å². The Morgan fingerprint density at radius 3 is 2.79 bits per heavy atom. The van der Waals surface area contributed by atoms with Gasteiger partial charge in [-0.1, -0.05) is 13.8 Å². The smallest absolute Gasteiger partial charge is 0.410 e. The summed E-state index contributed by atoms with van der Waals surface area (Å²) in [7, 11) is 1.78. The zero-order valence-corrected chi connectivity index (χ0v) is 19.6. The molecule has 164 valence electrons. The first-order chi connectivity index (χ1) is 13.7. The van der Waals surface area contributed by atoms with Gasteiger partial charge in [0, 0.05) is 32.1 Å². The van der Waals surface area contributed by atoms with Gasteiger partial charge < -0.3 is 20.3 Å². The predicted molar refractivity (Wildman–Crippen MR) is 120 cm³/mol. The summed E-state index contributed by atoms with van der Waals surface area (Å²) in [5.41, 5.74) is 0.693. The highest BCUT2D eigenvalue weighted by atomic mass is 32.1. The van der Waals surface area contributed by atoms with Gasteiger partial charge in [-0.2, -0.15) is 0 Å². The minimum atomic E-state index is -0.447. The number of nitrogens with zero attached hydrogens (tertiary/aromatic N) is 3. The number of likely N-dealkylation sites (tertiary alicyclic amines) is 1. The maximum Gasteiger partial charge on any atom is 0.410 e. The lowest BCUT2D eigenvalue weighted by Gasteiger charge is -2.34. The number of rotatable bonds is 6. The van der Waals surface area contributed by atoms with Crippen LogP contribution in [-0.2, 0) is 11.3 Å². The molecule has 2 rings (SSSR count). The van der Waals surface area contributed by atoms with Crippen molar-refractivity contribution in [2.75, 3.05) is 26.7 Å². The Bertz CT molecular complexity index is 681. The molecule has 1 unspecified atom stereocenters. The Labute approximate surface area is 179 Å². The first-order valence-electron chi connectivity index (χ1n) is 10.5. The van der Waals surface area contributed by atoms with Gasteiger partial charge in [-0.05, 0) is 51.9 Å². The van der Waals surface area contributed by atoms with Crippen molar-refractivity contribution in [1.29, 1.82) is 0 Å². The molecule has 7 nitrogen and oxygen atoms in total. The Morgan fingerprint density at radius 1 is 1.41 bits per heavy atom. The summed E-state index contributed by atoms with van der Waals surface area (Å²) in [4.78, 5) is 23.1. The molecule has 1 saturated heterocycles. The summed E-state index contributed by atoms with van der Waals surface area (Å²) in [6.45, 7) is 13.1. The number of aliphatic imine (C=N–C) groups is 1. The molecular weight excluding hydrogens is 386 g/mol. The van der Waals surface area contributed by atoms with E-state index in [9.17, 15) is 4.79 Å². The maximum absolute atomic E-state index is 12.3. The van der Waals surface area contributed by atoms with E-state index in [0.717, 1.165) is 55.6 Å². The van der Waals surface area contributed by atoms with Crippen LogP contribution in [0.2, 0.25) is 0 Å². The van der Waals surface area contributed by atoms with Gasteiger partial charge in [0.2, 0.25) is 0 Å². The highest BCUT2D eigenvalue weighted by molar-refractivity contribution is 7.09. The van der Waals surface area contributed by atoms with Crippen LogP contribution in [0.25, 0.3) is 0 Å². The minimum Gasteiger partial charge on any atom is -0.444 e. The SMILES string of the molecule is CN=C(NCCC1CCCN(C(=O)OC(C)(C)C)C1)NCc1nc(C(C)C)cs1. The molecule has 1 amide bonds. The average Bonchev–Trinajstić information content (AvgIpc) is 3.13. The van der Waals surface area contributed by atoms with Gasteiger partial charge in [0.05, 0.1) is 12.2 Å². The van der Waals surface area contributed by atoms with E-state index in [1.807, 2.05) is 25.7 Å². The molecule has 0 spiro atoms. The average molecular weight is 424 g/mol. The van der Waals surface area contributed by atoms with Crippen molar-refractivity contribution in [2.24, 2.45) is 10.9 Å². The molecule has 2 heterocycles. The van der Waals surface area contributed by atoms with Crippen LogP contribution in [0.15, 0.2) is 10.4 Å². The summed E-state index contributed by atoms with van der Waals surface area (Å²) in [5.74, 6) is 1.72. The predicted octanol–water partition coefficient (Wildman–Crippen LogP) is 3.97. The second kappa shape index (κ2) is 10.8. The lowest BCUT2D eigenvalue weighted by atomic mass is 9.95. The van der Waals surface area contributed by atoms with E-state index in [1.165, 1.54) is 0 Å². The van der Waals surface area contributed by atoms with Crippen LogP contribution in [0.3, 0.4) is 0 Å². The number of thiazole rings is 1. The van der Waals surface area contributed by atoms with Crippen molar-refractivity contribution >= 4 is 23.4 Å². The monoisotopic (exact) mass is 423 g/mol. The third kappa shape index (κ3) is 8.20. The van der Waals surface area contributed by atoms with Gasteiger partial charge in [0.25, 0.3) is 0 Å². The number of nitrogens with one attached hydrogen (secondary N) is 2. The summed E-state index contributed by atoms with van der Waals surface area (Å²) in [6.07, 6.45) is 2.97. The van der Waals surface area contributed by atoms with Gasteiger partial charge in [-0.3, -0.25) is 4.99 Å². The number of hydrogen-bond acceptors (Lipinski definition) is 5. The third-order valence-electron chi connectivity index (χ3n) is 4.81. The Kier molecular flexibility index (Phi) is 8.74. The number of hydrogen-bond donors (Lipinski definition) is 2. The van der Waals surface area contributed by atoms with Crippen LogP contribution in [-0.4, -0.2) is 54.2 Å². The van der Waals surface area contributed by atoms with Crippen LogP contribution in [0, 0.1) is 5.92 Å². The molecule has 0 radical (unpaired) electrons. The molecule has 0 bridgehead atoms. The summed E-state index contributed by atoms with van der Waals surface area (Å²) < 4.78 is 5.51. The second-order valence-corrected chi connectivity index (χ2v) is 9.84. The Balaban J connectivity index is 1.72. The molecule has 1 aliphatic heterocycles. The van der Waals surface area contributed by atoms with Crippen molar-refractivity contribution in [2.45, 2.75) is 71.9 Å². The van der Waals surface area contributed by atoms with E-state index in [-0.39, 0.29) is 6.09 Å². The van der Waals surface area contributed by atoms with E-state index in [1.54, 1.807) is 18.4 Å². The van der Waals surface area contributed by atoms with Crippen molar-refractivity contribution in [1.82, 2.24) is 20.5 Å². The third-order valence-corrected chi connectivity index (χ3v) is 5.67. The standard InChI is InChI=1S/C21H37N5O2S/c1-15(2)17-14-29-18(25-17)12-24-19(22-6)23-10-9-16-8-7-11-26(13-16)20(27)28-21(3,4)5/h14-16H,7-13H2,1-6H3,(H2,22,23,24). The zero-order valence-electron chi connectivity index (χ0n) is 18.7.